The third kappa shape index (κ3) is 21.2. The number of hydrogen-bond acceptors (Lipinski definition) is 2. The molecule has 0 fully saturated rings. The van der Waals surface area contributed by atoms with Crippen LogP contribution in [-0.2, 0) is 9.59 Å². The van der Waals surface area contributed by atoms with Gasteiger partial charge in [0.15, 0.2) is 0 Å². The van der Waals surface area contributed by atoms with Gasteiger partial charge < -0.3 is 10.4 Å². The molecule has 0 spiro atoms. The summed E-state index contributed by atoms with van der Waals surface area (Å²) in [6.45, 7) is 3.76. The fourth-order valence-corrected chi connectivity index (χ4v) is 3.44. The van der Waals surface area contributed by atoms with Crippen molar-refractivity contribution < 1.29 is 14.7 Å². The molecular weight excluding hydrogens is 362 g/mol. The number of rotatable bonds is 21. The highest BCUT2D eigenvalue weighted by Crippen LogP contribution is 2.12. The molecule has 29 heavy (non-hydrogen) atoms. The van der Waals surface area contributed by atoms with Crippen LogP contribution in [-0.4, -0.2) is 23.0 Å². The van der Waals surface area contributed by atoms with Gasteiger partial charge in [0.25, 0.3) is 0 Å². The van der Waals surface area contributed by atoms with E-state index in [4.69, 9.17) is 5.11 Å². The van der Waals surface area contributed by atoms with Crippen LogP contribution in [0.3, 0.4) is 0 Å². The van der Waals surface area contributed by atoms with Gasteiger partial charge in [0.05, 0.1) is 0 Å². The van der Waals surface area contributed by atoms with Crippen LogP contribution >= 0.6 is 0 Å². The maximum atomic E-state index is 11.6. The molecule has 1 atom stereocenters. The van der Waals surface area contributed by atoms with Crippen molar-refractivity contribution in [3.63, 3.8) is 0 Å². The fourth-order valence-electron chi connectivity index (χ4n) is 3.44. The zero-order valence-corrected chi connectivity index (χ0v) is 19.2. The molecule has 0 rings (SSSR count). The Bertz CT molecular complexity index is 420. The molecule has 4 heteroatoms. The van der Waals surface area contributed by atoms with Gasteiger partial charge in [-0.25, -0.2) is 0 Å². The third-order valence-corrected chi connectivity index (χ3v) is 5.41. The van der Waals surface area contributed by atoms with Crippen molar-refractivity contribution in [1.82, 2.24) is 5.32 Å². The van der Waals surface area contributed by atoms with Crippen molar-refractivity contribution >= 4 is 11.9 Å². The molecule has 4 nitrogen and oxygen atoms in total. The van der Waals surface area contributed by atoms with Crippen molar-refractivity contribution in [2.75, 3.05) is 0 Å². The summed E-state index contributed by atoms with van der Waals surface area (Å²) in [4.78, 5) is 22.2. The Balaban J connectivity index is 3.24. The molecule has 0 radical (unpaired) electrons. The lowest BCUT2D eigenvalue weighted by Crippen LogP contribution is -2.38. The molecule has 0 aliphatic carbocycles. The Morgan fingerprint density at radius 2 is 1.14 bits per heavy atom. The molecule has 0 saturated heterocycles. The molecule has 0 aliphatic heterocycles. The zero-order valence-electron chi connectivity index (χ0n) is 19.2. The van der Waals surface area contributed by atoms with E-state index in [2.05, 4.69) is 24.4 Å². The van der Waals surface area contributed by atoms with Crippen molar-refractivity contribution in [2.45, 2.75) is 135 Å². The average molecular weight is 410 g/mol. The Kier molecular flexibility index (Phi) is 20.4. The largest absolute Gasteiger partial charge is 0.480 e. The number of carbonyl (C=O) groups is 2. The van der Waals surface area contributed by atoms with E-state index in [1.165, 1.54) is 96.8 Å². The molecule has 1 amide bonds. The molecule has 0 bridgehead atoms. The normalized spacial score (nSPS) is 12.3. The minimum atomic E-state index is -0.985. The highest BCUT2D eigenvalue weighted by atomic mass is 16.4. The predicted octanol–water partition coefficient (Wildman–Crippen LogP) is 7.17. The molecule has 0 heterocycles. The number of amides is 1. The SMILES string of the molecule is CCCCCCCCCC/C=C\CCCCCCCCCC(=O)N[C@@H](C)C(=O)O. The van der Waals surface area contributed by atoms with Gasteiger partial charge in [-0.2, -0.15) is 0 Å². The minimum Gasteiger partial charge on any atom is -0.480 e. The smallest absolute Gasteiger partial charge is 0.325 e. The van der Waals surface area contributed by atoms with Crippen LogP contribution in [0.1, 0.15) is 129 Å². The number of unbranched alkanes of at least 4 members (excludes halogenated alkanes) is 15. The zero-order chi connectivity index (χ0) is 21.6. The summed E-state index contributed by atoms with van der Waals surface area (Å²) in [5, 5.41) is 11.2. The van der Waals surface area contributed by atoms with Gasteiger partial charge in [0, 0.05) is 6.42 Å². The summed E-state index contributed by atoms with van der Waals surface area (Å²) < 4.78 is 0. The summed E-state index contributed by atoms with van der Waals surface area (Å²) in [6, 6.07) is -0.795. The van der Waals surface area contributed by atoms with Crippen LogP contribution < -0.4 is 5.32 Å². The fraction of sp³-hybridized carbons (Fsp3) is 0.840. The van der Waals surface area contributed by atoms with Gasteiger partial charge in [0.1, 0.15) is 6.04 Å². The summed E-state index contributed by atoms with van der Waals surface area (Å²) in [5.41, 5.74) is 0. The van der Waals surface area contributed by atoms with Gasteiger partial charge in [-0.1, -0.05) is 96.1 Å². The molecule has 0 aromatic heterocycles. The quantitative estimate of drug-likeness (QED) is 0.156. The standard InChI is InChI=1S/C25H47NO3/c1-3-4-5-6-7-8-9-10-11-12-13-14-15-16-17-18-19-20-21-22-24(27)26-23(2)25(28)29/h12-13,23H,3-11,14-22H2,1-2H3,(H,26,27)(H,28,29)/b13-12-/t23-/m0/s1. The maximum absolute atomic E-state index is 11.6. The second-order valence-corrected chi connectivity index (χ2v) is 8.38. The van der Waals surface area contributed by atoms with E-state index < -0.39 is 12.0 Å². The lowest BCUT2D eigenvalue weighted by Gasteiger charge is -2.08. The second-order valence-electron chi connectivity index (χ2n) is 8.38. The average Bonchev–Trinajstić information content (AvgIpc) is 2.69. The van der Waals surface area contributed by atoms with E-state index in [-0.39, 0.29) is 5.91 Å². The van der Waals surface area contributed by atoms with Gasteiger partial charge >= 0.3 is 5.97 Å². The first-order valence-corrected chi connectivity index (χ1v) is 12.2. The lowest BCUT2D eigenvalue weighted by molar-refractivity contribution is -0.141. The maximum Gasteiger partial charge on any atom is 0.325 e. The number of nitrogens with one attached hydrogen (secondary N) is 1. The lowest BCUT2D eigenvalue weighted by atomic mass is 10.1. The highest BCUT2D eigenvalue weighted by molar-refractivity contribution is 5.83. The molecule has 0 unspecified atom stereocenters. The predicted molar refractivity (Wildman–Crippen MR) is 123 cm³/mol. The molecule has 0 aromatic carbocycles. The van der Waals surface area contributed by atoms with Crippen LogP contribution in [0.25, 0.3) is 0 Å². The van der Waals surface area contributed by atoms with E-state index in [0.717, 1.165) is 19.3 Å². The number of carbonyl (C=O) groups excluding carboxylic acids is 1. The third-order valence-electron chi connectivity index (χ3n) is 5.41. The van der Waals surface area contributed by atoms with Gasteiger partial charge in [-0.15, -0.1) is 0 Å². The summed E-state index contributed by atoms with van der Waals surface area (Å²) in [6.07, 6.45) is 26.9. The Labute approximate surface area is 179 Å². The van der Waals surface area contributed by atoms with E-state index in [1.807, 2.05) is 0 Å². The topological polar surface area (TPSA) is 66.4 Å². The van der Waals surface area contributed by atoms with Crippen LogP contribution in [0.2, 0.25) is 0 Å². The summed E-state index contributed by atoms with van der Waals surface area (Å²) >= 11 is 0. The van der Waals surface area contributed by atoms with Crippen molar-refractivity contribution in [3.05, 3.63) is 12.2 Å². The number of carboxylic acid groups (broad SMARTS) is 1. The van der Waals surface area contributed by atoms with Crippen molar-refractivity contribution in [1.29, 1.82) is 0 Å². The van der Waals surface area contributed by atoms with E-state index in [0.29, 0.717) is 6.42 Å². The summed E-state index contributed by atoms with van der Waals surface area (Å²) in [7, 11) is 0. The Morgan fingerprint density at radius 1 is 0.724 bits per heavy atom. The van der Waals surface area contributed by atoms with Crippen LogP contribution in [0.15, 0.2) is 12.2 Å². The second kappa shape index (κ2) is 21.4. The number of hydrogen-bond donors (Lipinski definition) is 2. The van der Waals surface area contributed by atoms with Crippen LogP contribution in [0.5, 0.6) is 0 Å². The minimum absolute atomic E-state index is 0.154. The van der Waals surface area contributed by atoms with Gasteiger partial charge in [-0.3, -0.25) is 9.59 Å². The first kappa shape index (κ1) is 27.7. The van der Waals surface area contributed by atoms with Gasteiger partial charge in [0.2, 0.25) is 5.91 Å². The van der Waals surface area contributed by atoms with E-state index in [9.17, 15) is 9.59 Å². The first-order valence-electron chi connectivity index (χ1n) is 12.2. The number of carboxylic acids is 1. The molecule has 2 N–H and O–H groups in total. The Morgan fingerprint density at radius 3 is 1.59 bits per heavy atom. The molecule has 170 valence electrons. The number of allylic oxidation sites excluding steroid dienone is 2. The van der Waals surface area contributed by atoms with E-state index >= 15 is 0 Å². The molecule has 0 saturated carbocycles. The van der Waals surface area contributed by atoms with Gasteiger partial charge in [-0.05, 0) is 39.0 Å². The van der Waals surface area contributed by atoms with E-state index in [1.54, 1.807) is 0 Å². The highest BCUT2D eigenvalue weighted by Gasteiger charge is 2.12. The summed E-state index contributed by atoms with van der Waals surface area (Å²) in [5.74, 6) is -1.14. The van der Waals surface area contributed by atoms with Crippen molar-refractivity contribution in [3.8, 4) is 0 Å². The van der Waals surface area contributed by atoms with Crippen LogP contribution in [0.4, 0.5) is 0 Å². The molecule has 0 aliphatic rings. The number of aliphatic carboxylic acids is 1. The van der Waals surface area contributed by atoms with Crippen molar-refractivity contribution in [2.24, 2.45) is 0 Å². The molecule has 0 aromatic rings. The molecular formula is C25H47NO3. The van der Waals surface area contributed by atoms with Crippen LogP contribution in [0, 0.1) is 0 Å². The Hall–Kier alpha value is -1.32. The first-order chi connectivity index (χ1) is 14.1. The monoisotopic (exact) mass is 409 g/mol.